The lowest BCUT2D eigenvalue weighted by atomic mass is 10.2. The molecule has 0 bridgehead atoms. The minimum absolute atomic E-state index is 0.165. The molecular weight excluding hydrogens is 262 g/mol. The Balaban J connectivity index is 3.23. The number of nitriles is 1. The zero-order valence-electron chi connectivity index (χ0n) is 11.4. The highest BCUT2D eigenvalue weighted by molar-refractivity contribution is 7.89. The molecule has 0 aliphatic heterocycles. The normalized spacial score (nSPS) is 11.8. The lowest BCUT2D eigenvalue weighted by molar-refractivity contribution is 0.360. The van der Waals surface area contributed by atoms with Crippen molar-refractivity contribution in [1.82, 2.24) is 4.31 Å². The Morgan fingerprint density at radius 2 is 2.00 bits per heavy atom. The van der Waals surface area contributed by atoms with Crippen LogP contribution >= 0.6 is 0 Å². The third-order valence-electron chi connectivity index (χ3n) is 2.70. The number of nitrogens with two attached hydrogens (primary N) is 1. The van der Waals surface area contributed by atoms with E-state index in [4.69, 9.17) is 11.0 Å². The topological polar surface area (TPSA) is 87.2 Å². The number of hydrogen-bond donors (Lipinski definition) is 1. The molecule has 0 saturated carbocycles. The van der Waals surface area contributed by atoms with Crippen LogP contribution in [0.15, 0.2) is 23.1 Å². The molecule has 0 aromatic heterocycles. The zero-order valence-corrected chi connectivity index (χ0v) is 12.2. The Bertz CT molecular complexity index is 568. The first-order chi connectivity index (χ1) is 8.78. The van der Waals surface area contributed by atoms with Crippen molar-refractivity contribution in [2.45, 2.75) is 38.1 Å². The van der Waals surface area contributed by atoms with Gasteiger partial charge in [0.2, 0.25) is 10.0 Å². The van der Waals surface area contributed by atoms with E-state index in [1.54, 1.807) is 32.9 Å². The van der Waals surface area contributed by atoms with Crippen molar-refractivity contribution in [1.29, 1.82) is 5.26 Å². The van der Waals surface area contributed by atoms with E-state index in [1.807, 2.05) is 6.07 Å². The van der Waals surface area contributed by atoms with E-state index in [9.17, 15) is 8.42 Å². The first-order valence-electron chi connectivity index (χ1n) is 6.05. The van der Waals surface area contributed by atoms with Crippen LogP contribution in [0.1, 0.15) is 25.8 Å². The van der Waals surface area contributed by atoms with Gasteiger partial charge in [-0.15, -0.1) is 0 Å². The van der Waals surface area contributed by atoms with Gasteiger partial charge in [0.25, 0.3) is 0 Å². The van der Waals surface area contributed by atoms with Crippen LogP contribution in [-0.4, -0.2) is 25.3 Å². The molecule has 2 N–H and O–H groups in total. The summed E-state index contributed by atoms with van der Waals surface area (Å²) in [6.07, 6.45) is 0.165. The molecule has 0 fully saturated rings. The fraction of sp³-hybridized carbons (Fsp3) is 0.462. The molecule has 0 atom stereocenters. The van der Waals surface area contributed by atoms with Gasteiger partial charge in [-0.1, -0.05) is 0 Å². The summed E-state index contributed by atoms with van der Waals surface area (Å²) in [6, 6.07) is 6.52. The summed E-state index contributed by atoms with van der Waals surface area (Å²) in [5.74, 6) is 0. The maximum absolute atomic E-state index is 12.5. The van der Waals surface area contributed by atoms with Gasteiger partial charge in [-0.05, 0) is 44.5 Å². The number of anilines is 1. The molecule has 0 aliphatic rings. The van der Waals surface area contributed by atoms with Gasteiger partial charge in [0.1, 0.15) is 0 Å². The van der Waals surface area contributed by atoms with E-state index in [2.05, 4.69) is 0 Å². The molecule has 1 rings (SSSR count). The predicted octanol–water partition coefficient (Wildman–Crippen LogP) is 1.89. The van der Waals surface area contributed by atoms with E-state index in [-0.39, 0.29) is 23.9 Å². The molecular formula is C13H19N3O2S. The number of hydrogen-bond acceptors (Lipinski definition) is 4. The average molecular weight is 281 g/mol. The highest BCUT2D eigenvalue weighted by atomic mass is 32.2. The van der Waals surface area contributed by atoms with Gasteiger partial charge in [0, 0.05) is 24.7 Å². The summed E-state index contributed by atoms with van der Waals surface area (Å²) in [6.45, 7) is 5.55. The van der Waals surface area contributed by atoms with Crippen LogP contribution in [0, 0.1) is 18.3 Å². The second-order valence-corrected chi connectivity index (χ2v) is 6.59. The molecule has 0 amide bonds. The highest BCUT2D eigenvalue weighted by Crippen LogP contribution is 2.22. The minimum atomic E-state index is -3.62. The van der Waals surface area contributed by atoms with E-state index in [0.29, 0.717) is 5.69 Å². The van der Waals surface area contributed by atoms with Gasteiger partial charge in [0.05, 0.1) is 11.0 Å². The van der Waals surface area contributed by atoms with Crippen LogP contribution in [0.4, 0.5) is 5.69 Å². The van der Waals surface area contributed by atoms with Crippen molar-refractivity contribution in [3.63, 3.8) is 0 Å². The lowest BCUT2D eigenvalue weighted by Crippen LogP contribution is -2.37. The van der Waals surface area contributed by atoms with Gasteiger partial charge in [0.15, 0.2) is 0 Å². The molecule has 0 radical (unpaired) electrons. The maximum atomic E-state index is 12.5. The van der Waals surface area contributed by atoms with Crippen molar-refractivity contribution in [3.05, 3.63) is 23.8 Å². The maximum Gasteiger partial charge on any atom is 0.243 e. The van der Waals surface area contributed by atoms with Crippen molar-refractivity contribution in [3.8, 4) is 6.07 Å². The largest absolute Gasteiger partial charge is 0.399 e. The number of nitrogen functional groups attached to an aromatic ring is 1. The summed E-state index contributed by atoms with van der Waals surface area (Å²) in [4.78, 5) is 0.177. The Kier molecular flexibility index (Phi) is 4.92. The second kappa shape index (κ2) is 6.04. The van der Waals surface area contributed by atoms with Crippen molar-refractivity contribution < 1.29 is 8.42 Å². The van der Waals surface area contributed by atoms with E-state index in [1.165, 1.54) is 10.4 Å². The van der Waals surface area contributed by atoms with Crippen LogP contribution in [0.5, 0.6) is 0 Å². The first kappa shape index (κ1) is 15.5. The van der Waals surface area contributed by atoms with Crippen LogP contribution in [0.25, 0.3) is 0 Å². The molecule has 6 heteroatoms. The molecule has 19 heavy (non-hydrogen) atoms. The Hall–Kier alpha value is -1.58. The monoisotopic (exact) mass is 281 g/mol. The molecule has 0 aliphatic carbocycles. The van der Waals surface area contributed by atoms with E-state index >= 15 is 0 Å². The van der Waals surface area contributed by atoms with Gasteiger partial charge in [-0.3, -0.25) is 0 Å². The molecule has 0 unspecified atom stereocenters. The summed E-state index contributed by atoms with van der Waals surface area (Å²) in [5.41, 5.74) is 6.91. The Labute approximate surface area is 114 Å². The summed E-state index contributed by atoms with van der Waals surface area (Å²) in [5, 5.41) is 8.63. The molecule has 5 nitrogen and oxygen atoms in total. The molecule has 0 heterocycles. The number of aryl methyl sites for hydroxylation is 1. The summed E-state index contributed by atoms with van der Waals surface area (Å²) >= 11 is 0. The smallest absolute Gasteiger partial charge is 0.243 e. The minimum Gasteiger partial charge on any atom is -0.399 e. The molecule has 1 aromatic carbocycles. The second-order valence-electron chi connectivity index (χ2n) is 4.70. The first-order valence-corrected chi connectivity index (χ1v) is 7.49. The third-order valence-corrected chi connectivity index (χ3v) is 4.75. The molecule has 0 spiro atoms. The van der Waals surface area contributed by atoms with Gasteiger partial charge in [-0.2, -0.15) is 9.57 Å². The fourth-order valence-electron chi connectivity index (χ4n) is 1.88. The van der Waals surface area contributed by atoms with Crippen LogP contribution in [0.3, 0.4) is 0 Å². The van der Waals surface area contributed by atoms with Crippen LogP contribution < -0.4 is 5.73 Å². The van der Waals surface area contributed by atoms with Crippen LogP contribution in [0.2, 0.25) is 0 Å². The Morgan fingerprint density at radius 3 is 2.47 bits per heavy atom. The number of nitrogens with zero attached hydrogens (tertiary/aromatic N) is 2. The van der Waals surface area contributed by atoms with Crippen molar-refractivity contribution in [2.75, 3.05) is 12.3 Å². The number of rotatable bonds is 5. The van der Waals surface area contributed by atoms with Gasteiger partial charge in [-0.25, -0.2) is 8.42 Å². The third kappa shape index (κ3) is 3.69. The standard InChI is InChI=1S/C13H19N3O2S/c1-10(2)16(6-4-5-14)19(17,18)13-8-11(3)7-12(15)9-13/h7-10H,4,6,15H2,1-3H3. The number of sulfonamides is 1. The SMILES string of the molecule is Cc1cc(N)cc(S(=O)(=O)N(CCC#N)C(C)C)c1. The van der Waals surface area contributed by atoms with Crippen LogP contribution in [-0.2, 0) is 10.0 Å². The summed E-state index contributed by atoms with van der Waals surface area (Å²) in [7, 11) is -3.62. The molecule has 1 aromatic rings. The number of benzene rings is 1. The highest BCUT2D eigenvalue weighted by Gasteiger charge is 2.26. The fourth-order valence-corrected chi connectivity index (χ4v) is 3.65. The lowest BCUT2D eigenvalue weighted by Gasteiger charge is -2.25. The van der Waals surface area contributed by atoms with E-state index < -0.39 is 10.0 Å². The van der Waals surface area contributed by atoms with Crippen molar-refractivity contribution >= 4 is 15.7 Å². The zero-order chi connectivity index (χ0) is 14.6. The van der Waals surface area contributed by atoms with Crippen molar-refractivity contribution in [2.24, 2.45) is 0 Å². The predicted molar refractivity (Wildman–Crippen MR) is 74.8 cm³/mol. The summed E-state index contributed by atoms with van der Waals surface area (Å²) < 4.78 is 26.4. The molecule has 104 valence electrons. The quantitative estimate of drug-likeness (QED) is 0.835. The average Bonchev–Trinajstić information content (AvgIpc) is 2.27. The van der Waals surface area contributed by atoms with Gasteiger partial charge >= 0.3 is 0 Å². The Morgan fingerprint density at radius 1 is 1.37 bits per heavy atom. The van der Waals surface area contributed by atoms with E-state index in [0.717, 1.165) is 5.56 Å². The molecule has 0 saturated heterocycles. The van der Waals surface area contributed by atoms with Gasteiger partial charge < -0.3 is 5.73 Å².